The van der Waals surface area contributed by atoms with Crippen LogP contribution in [0.2, 0.25) is 0 Å². The van der Waals surface area contributed by atoms with Crippen LogP contribution in [0.4, 0.5) is 22.4 Å². The summed E-state index contributed by atoms with van der Waals surface area (Å²) < 4.78 is 53.2. The minimum absolute atomic E-state index is 0.00989. The van der Waals surface area contributed by atoms with Crippen molar-refractivity contribution in [3.63, 3.8) is 0 Å². The van der Waals surface area contributed by atoms with Crippen LogP contribution in [0.3, 0.4) is 0 Å². The molecule has 0 bridgehead atoms. The molecule has 0 aliphatic carbocycles. The normalized spacial score (nSPS) is 15.4. The fraction of sp³-hybridized carbons (Fsp3) is 0.190. The molecule has 2 aromatic carbocycles. The van der Waals surface area contributed by atoms with E-state index in [0.29, 0.717) is 11.1 Å². The average Bonchev–Trinajstić information content (AvgIpc) is 2.97. The quantitative estimate of drug-likeness (QED) is 0.489. The molecular weight excluding hydrogens is 452 g/mol. The number of alkyl halides is 3. The molecule has 1 N–H and O–H groups in total. The van der Waals surface area contributed by atoms with Gasteiger partial charge in [0.1, 0.15) is 11.6 Å². The lowest BCUT2D eigenvalue weighted by Crippen LogP contribution is -2.37. The highest BCUT2D eigenvalue weighted by Gasteiger charge is 2.34. The number of carbonyl (C=O) groups is 3. The zero-order chi connectivity index (χ0) is 23.3. The van der Waals surface area contributed by atoms with Gasteiger partial charge in [-0.1, -0.05) is 24.3 Å². The standard InChI is InChI=1S/C21H16F4N2O4S/c22-15-5-1-13(2-6-15)11-17-19(29)27(20(30)32-17)10-9-26-18(28)12-14-3-7-16(8-4-14)31-21(23,24)25/h1-8,11H,9-10,12H2,(H,26,28)/b17-11-. The van der Waals surface area contributed by atoms with Crippen LogP contribution in [0.25, 0.3) is 6.08 Å². The number of thioether (sulfide) groups is 1. The van der Waals surface area contributed by atoms with Crippen molar-refractivity contribution in [1.29, 1.82) is 0 Å². The number of rotatable bonds is 7. The Morgan fingerprint density at radius 1 is 1.06 bits per heavy atom. The van der Waals surface area contributed by atoms with E-state index in [9.17, 15) is 31.9 Å². The molecule has 32 heavy (non-hydrogen) atoms. The van der Waals surface area contributed by atoms with Gasteiger partial charge in [-0.25, -0.2) is 4.39 Å². The van der Waals surface area contributed by atoms with Crippen LogP contribution in [0.15, 0.2) is 53.4 Å². The van der Waals surface area contributed by atoms with Crippen molar-refractivity contribution in [1.82, 2.24) is 10.2 Å². The van der Waals surface area contributed by atoms with Crippen LogP contribution >= 0.6 is 11.8 Å². The van der Waals surface area contributed by atoms with E-state index in [1.807, 2.05) is 0 Å². The molecule has 2 aromatic rings. The first-order chi connectivity index (χ1) is 15.1. The summed E-state index contributed by atoms with van der Waals surface area (Å²) in [5, 5.41) is 2.07. The third kappa shape index (κ3) is 6.58. The number of carbonyl (C=O) groups excluding carboxylic acids is 3. The largest absolute Gasteiger partial charge is 0.573 e. The summed E-state index contributed by atoms with van der Waals surface area (Å²) in [5.74, 6) is -1.76. The molecule has 0 spiro atoms. The van der Waals surface area contributed by atoms with Gasteiger partial charge in [-0.15, -0.1) is 13.2 Å². The van der Waals surface area contributed by atoms with Crippen molar-refractivity contribution < 1.29 is 36.7 Å². The van der Waals surface area contributed by atoms with Crippen LogP contribution in [0.5, 0.6) is 5.75 Å². The molecule has 11 heteroatoms. The van der Waals surface area contributed by atoms with Crippen LogP contribution in [0, 0.1) is 5.82 Å². The fourth-order valence-electron chi connectivity index (χ4n) is 2.77. The average molecular weight is 468 g/mol. The van der Waals surface area contributed by atoms with Gasteiger partial charge in [-0.05, 0) is 53.2 Å². The molecule has 0 radical (unpaired) electrons. The van der Waals surface area contributed by atoms with Crippen molar-refractivity contribution >= 4 is 34.9 Å². The van der Waals surface area contributed by atoms with Crippen LogP contribution in [-0.4, -0.2) is 41.4 Å². The number of nitrogens with zero attached hydrogens (tertiary/aromatic N) is 1. The smallest absolute Gasteiger partial charge is 0.406 e. The minimum Gasteiger partial charge on any atom is -0.406 e. The highest BCUT2D eigenvalue weighted by atomic mass is 32.2. The van der Waals surface area contributed by atoms with Crippen LogP contribution < -0.4 is 10.1 Å². The molecule has 1 aliphatic heterocycles. The number of benzene rings is 2. The van der Waals surface area contributed by atoms with E-state index in [4.69, 9.17) is 0 Å². The Morgan fingerprint density at radius 2 is 1.72 bits per heavy atom. The predicted molar refractivity (Wildman–Crippen MR) is 109 cm³/mol. The second kappa shape index (κ2) is 9.86. The van der Waals surface area contributed by atoms with Gasteiger partial charge in [-0.2, -0.15) is 0 Å². The topological polar surface area (TPSA) is 75.7 Å². The molecule has 0 saturated carbocycles. The molecule has 1 fully saturated rings. The third-order valence-corrected chi connectivity index (χ3v) is 5.13. The first-order valence-electron chi connectivity index (χ1n) is 9.23. The number of hydrogen-bond donors (Lipinski definition) is 1. The Morgan fingerprint density at radius 3 is 2.34 bits per heavy atom. The van der Waals surface area contributed by atoms with Crippen molar-refractivity contribution in [3.05, 3.63) is 70.4 Å². The van der Waals surface area contributed by atoms with E-state index < -0.39 is 35.0 Å². The first-order valence-corrected chi connectivity index (χ1v) is 10.0. The Labute approximate surface area is 184 Å². The molecule has 1 heterocycles. The summed E-state index contributed by atoms with van der Waals surface area (Å²) in [6, 6.07) is 10.3. The van der Waals surface area contributed by atoms with Crippen LogP contribution in [-0.2, 0) is 16.0 Å². The minimum atomic E-state index is -4.80. The van der Waals surface area contributed by atoms with E-state index in [1.54, 1.807) is 0 Å². The number of ether oxygens (including phenoxy) is 1. The highest BCUT2D eigenvalue weighted by molar-refractivity contribution is 8.18. The molecule has 168 valence electrons. The van der Waals surface area contributed by atoms with Crippen LogP contribution in [0.1, 0.15) is 11.1 Å². The summed E-state index contributed by atoms with van der Waals surface area (Å²) in [6.45, 7) is -0.0362. The molecule has 3 amide bonds. The first kappa shape index (κ1) is 23.3. The fourth-order valence-corrected chi connectivity index (χ4v) is 3.63. The monoisotopic (exact) mass is 468 g/mol. The van der Waals surface area contributed by atoms with Gasteiger partial charge >= 0.3 is 6.36 Å². The van der Waals surface area contributed by atoms with Gasteiger partial charge in [-0.3, -0.25) is 19.3 Å². The van der Waals surface area contributed by atoms with Crippen molar-refractivity contribution in [2.75, 3.05) is 13.1 Å². The SMILES string of the molecule is O=C(Cc1ccc(OC(F)(F)F)cc1)NCCN1C(=O)S/C(=C\c2ccc(F)cc2)C1=O. The van der Waals surface area contributed by atoms with E-state index in [0.717, 1.165) is 28.8 Å². The second-order valence-electron chi connectivity index (χ2n) is 6.60. The number of halogens is 4. The predicted octanol–water partition coefficient (Wildman–Crippen LogP) is 4.12. The number of amides is 3. The Hall–Kier alpha value is -3.34. The maximum Gasteiger partial charge on any atom is 0.573 e. The van der Waals surface area contributed by atoms with Gasteiger partial charge in [0.2, 0.25) is 5.91 Å². The molecule has 0 aromatic heterocycles. The van der Waals surface area contributed by atoms with E-state index in [2.05, 4.69) is 10.1 Å². The third-order valence-electron chi connectivity index (χ3n) is 4.22. The van der Waals surface area contributed by atoms with Crippen molar-refractivity contribution in [2.24, 2.45) is 0 Å². The second-order valence-corrected chi connectivity index (χ2v) is 7.60. The van der Waals surface area contributed by atoms with Gasteiger partial charge in [0, 0.05) is 13.1 Å². The summed E-state index contributed by atoms with van der Waals surface area (Å²) in [6.07, 6.45) is -3.41. The van der Waals surface area contributed by atoms with E-state index in [-0.39, 0.29) is 24.4 Å². The van der Waals surface area contributed by atoms with Crippen molar-refractivity contribution in [3.8, 4) is 5.75 Å². The Balaban J connectivity index is 1.48. The number of imide groups is 1. The summed E-state index contributed by atoms with van der Waals surface area (Å²) in [5.41, 5.74) is 1.03. The summed E-state index contributed by atoms with van der Waals surface area (Å²) in [4.78, 5) is 37.7. The molecule has 1 saturated heterocycles. The molecule has 1 aliphatic rings. The summed E-state index contributed by atoms with van der Waals surface area (Å²) in [7, 11) is 0. The molecular formula is C21H16F4N2O4S. The lowest BCUT2D eigenvalue weighted by Gasteiger charge is -2.13. The lowest BCUT2D eigenvalue weighted by molar-refractivity contribution is -0.274. The zero-order valence-corrected chi connectivity index (χ0v) is 17.1. The maximum absolute atomic E-state index is 13.0. The maximum atomic E-state index is 13.0. The van der Waals surface area contributed by atoms with Gasteiger partial charge in [0.05, 0.1) is 11.3 Å². The highest BCUT2D eigenvalue weighted by Crippen LogP contribution is 2.31. The Kier molecular flexibility index (Phi) is 7.18. The van der Waals surface area contributed by atoms with Crippen molar-refractivity contribution in [2.45, 2.75) is 12.8 Å². The van der Waals surface area contributed by atoms with E-state index in [1.165, 1.54) is 42.5 Å². The lowest BCUT2D eigenvalue weighted by atomic mass is 10.1. The van der Waals surface area contributed by atoms with E-state index >= 15 is 0 Å². The zero-order valence-electron chi connectivity index (χ0n) is 16.3. The Bertz CT molecular complexity index is 1040. The van der Waals surface area contributed by atoms with Gasteiger partial charge in [0.15, 0.2) is 0 Å². The molecule has 0 atom stereocenters. The van der Waals surface area contributed by atoms with Gasteiger partial charge in [0.25, 0.3) is 11.1 Å². The number of hydrogen-bond acceptors (Lipinski definition) is 5. The number of nitrogens with one attached hydrogen (secondary N) is 1. The van der Waals surface area contributed by atoms with Gasteiger partial charge < -0.3 is 10.1 Å². The molecule has 3 rings (SSSR count). The molecule has 6 nitrogen and oxygen atoms in total. The summed E-state index contributed by atoms with van der Waals surface area (Å²) >= 11 is 0.748. The molecule has 0 unspecified atom stereocenters.